The molecule has 4 nitrogen and oxygen atoms in total. The average molecular weight is 235 g/mol. The summed E-state index contributed by atoms with van der Waals surface area (Å²) in [4.78, 5) is 23.3. The van der Waals surface area contributed by atoms with Gasteiger partial charge in [0.05, 0.1) is 6.04 Å². The van der Waals surface area contributed by atoms with Crippen molar-refractivity contribution < 1.29 is 19.1 Å². The molecular weight excluding hydrogens is 225 g/mol. The van der Waals surface area contributed by atoms with Gasteiger partial charge in [0, 0.05) is 12.6 Å². The zero-order valence-corrected chi connectivity index (χ0v) is 8.84. The maximum atomic E-state index is 13.1. The normalized spacial score (nSPS) is 19.5. The number of rotatable bonds is 1. The number of benzene rings is 1. The van der Waals surface area contributed by atoms with Crippen molar-refractivity contribution in [1.29, 1.82) is 0 Å². The molecular formula is C12H10FNO3. The van der Waals surface area contributed by atoms with Crippen molar-refractivity contribution in [2.45, 2.75) is 12.5 Å². The van der Waals surface area contributed by atoms with Gasteiger partial charge in [0.25, 0.3) is 0 Å². The third kappa shape index (κ3) is 2.33. The molecule has 0 saturated heterocycles. The van der Waals surface area contributed by atoms with Crippen LogP contribution >= 0.6 is 0 Å². The molecule has 0 spiro atoms. The fourth-order valence-electron chi connectivity index (χ4n) is 1.81. The van der Waals surface area contributed by atoms with Crippen LogP contribution in [0.2, 0.25) is 0 Å². The molecule has 1 N–H and O–H groups in total. The van der Waals surface area contributed by atoms with Gasteiger partial charge in [0.15, 0.2) is 5.78 Å². The number of amides is 1. The average Bonchev–Trinajstić information content (AvgIpc) is 2.28. The molecule has 1 aliphatic heterocycles. The van der Waals surface area contributed by atoms with Gasteiger partial charge in [-0.1, -0.05) is 12.1 Å². The molecule has 1 atom stereocenters. The van der Waals surface area contributed by atoms with E-state index in [2.05, 4.69) is 0 Å². The van der Waals surface area contributed by atoms with Crippen LogP contribution in [0.15, 0.2) is 36.5 Å². The number of hydrogen-bond acceptors (Lipinski definition) is 2. The van der Waals surface area contributed by atoms with Crippen molar-refractivity contribution in [2.24, 2.45) is 0 Å². The van der Waals surface area contributed by atoms with Crippen LogP contribution in [-0.2, 0) is 4.79 Å². The molecule has 1 heterocycles. The Morgan fingerprint density at radius 1 is 1.47 bits per heavy atom. The van der Waals surface area contributed by atoms with Crippen molar-refractivity contribution in [3.8, 4) is 0 Å². The molecule has 1 aromatic rings. The molecule has 5 heteroatoms. The van der Waals surface area contributed by atoms with Gasteiger partial charge >= 0.3 is 6.09 Å². The minimum atomic E-state index is -1.16. The van der Waals surface area contributed by atoms with Crippen molar-refractivity contribution in [1.82, 2.24) is 4.90 Å². The van der Waals surface area contributed by atoms with Crippen LogP contribution in [0.3, 0.4) is 0 Å². The second-order valence-electron chi connectivity index (χ2n) is 3.75. The molecule has 0 saturated carbocycles. The Labute approximate surface area is 97.0 Å². The topological polar surface area (TPSA) is 57.6 Å². The van der Waals surface area contributed by atoms with Gasteiger partial charge < -0.3 is 5.11 Å². The Hall–Kier alpha value is -2.17. The number of hydrogen-bond donors (Lipinski definition) is 1. The molecule has 1 amide bonds. The third-order valence-corrected chi connectivity index (χ3v) is 2.61. The lowest BCUT2D eigenvalue weighted by Gasteiger charge is -2.28. The summed E-state index contributed by atoms with van der Waals surface area (Å²) in [5, 5.41) is 9.00. The van der Waals surface area contributed by atoms with Crippen LogP contribution in [0.25, 0.3) is 0 Å². The molecule has 0 unspecified atom stereocenters. The molecule has 0 fully saturated rings. The smallest absolute Gasteiger partial charge is 0.411 e. The fourth-order valence-corrected chi connectivity index (χ4v) is 1.81. The summed E-state index contributed by atoms with van der Waals surface area (Å²) in [7, 11) is 0. The Bertz CT molecular complexity index is 498. The summed E-state index contributed by atoms with van der Waals surface area (Å²) < 4.78 is 13.1. The maximum Gasteiger partial charge on any atom is 0.411 e. The molecule has 2 rings (SSSR count). The summed E-state index contributed by atoms with van der Waals surface area (Å²) in [5.74, 6) is -0.619. The summed E-state index contributed by atoms with van der Waals surface area (Å²) in [6.45, 7) is 0. The van der Waals surface area contributed by atoms with Crippen molar-refractivity contribution >= 4 is 11.9 Å². The van der Waals surface area contributed by atoms with Crippen LogP contribution in [0.1, 0.15) is 18.0 Å². The van der Waals surface area contributed by atoms with E-state index in [-0.39, 0.29) is 12.2 Å². The molecule has 0 bridgehead atoms. The van der Waals surface area contributed by atoms with E-state index >= 15 is 0 Å². The lowest BCUT2D eigenvalue weighted by atomic mass is 9.97. The molecule has 1 aliphatic rings. The zero-order valence-electron chi connectivity index (χ0n) is 8.84. The van der Waals surface area contributed by atoms with Crippen LogP contribution in [0.4, 0.5) is 9.18 Å². The van der Waals surface area contributed by atoms with Gasteiger partial charge in [0.1, 0.15) is 5.82 Å². The van der Waals surface area contributed by atoms with Gasteiger partial charge in [-0.2, -0.15) is 0 Å². The minimum absolute atomic E-state index is 0.0340. The lowest BCUT2D eigenvalue weighted by Crippen LogP contribution is -2.33. The lowest BCUT2D eigenvalue weighted by molar-refractivity contribution is -0.116. The van der Waals surface area contributed by atoms with Crippen LogP contribution in [0.5, 0.6) is 0 Å². The van der Waals surface area contributed by atoms with Crippen molar-refractivity contribution in [2.75, 3.05) is 0 Å². The Morgan fingerprint density at radius 3 is 2.88 bits per heavy atom. The summed E-state index contributed by atoms with van der Waals surface area (Å²) in [6, 6.07) is 4.96. The number of carbonyl (C=O) groups is 2. The quantitative estimate of drug-likeness (QED) is 0.812. The first-order valence-corrected chi connectivity index (χ1v) is 5.05. The number of carboxylic acid groups (broad SMARTS) is 1. The second-order valence-corrected chi connectivity index (χ2v) is 3.75. The first-order chi connectivity index (χ1) is 8.08. The largest absolute Gasteiger partial charge is 0.465 e. The van der Waals surface area contributed by atoms with E-state index in [1.54, 1.807) is 6.07 Å². The SMILES string of the molecule is O=C1C=CN(C(=O)O)[C@H](c2cccc(F)c2)C1. The van der Waals surface area contributed by atoms with Gasteiger partial charge in [-0.25, -0.2) is 9.18 Å². The Kier molecular flexibility index (Phi) is 2.91. The van der Waals surface area contributed by atoms with E-state index in [1.807, 2.05) is 0 Å². The van der Waals surface area contributed by atoms with E-state index in [9.17, 15) is 14.0 Å². The van der Waals surface area contributed by atoms with Crippen molar-refractivity contribution in [3.63, 3.8) is 0 Å². The maximum absolute atomic E-state index is 13.1. The molecule has 0 radical (unpaired) electrons. The second kappa shape index (κ2) is 4.37. The number of ketones is 1. The standard InChI is InChI=1S/C12H10FNO3/c13-9-3-1-2-8(6-9)11-7-10(15)4-5-14(11)12(16)17/h1-6,11H,7H2,(H,16,17)/t11-/m0/s1. The summed E-state index contributed by atoms with van der Waals surface area (Å²) >= 11 is 0. The van der Waals surface area contributed by atoms with Gasteiger partial charge in [0.2, 0.25) is 0 Å². The van der Waals surface area contributed by atoms with Gasteiger partial charge in [-0.15, -0.1) is 0 Å². The highest BCUT2D eigenvalue weighted by Gasteiger charge is 2.28. The summed E-state index contributed by atoms with van der Waals surface area (Å²) in [5.41, 5.74) is 0.477. The number of carbonyl (C=O) groups excluding carboxylic acids is 1. The van der Waals surface area contributed by atoms with E-state index in [1.165, 1.54) is 30.5 Å². The first-order valence-electron chi connectivity index (χ1n) is 5.05. The highest BCUT2D eigenvalue weighted by atomic mass is 19.1. The van der Waals surface area contributed by atoms with Gasteiger partial charge in [-0.3, -0.25) is 9.69 Å². The highest BCUT2D eigenvalue weighted by molar-refractivity contribution is 5.92. The molecule has 88 valence electrons. The van der Waals surface area contributed by atoms with E-state index in [4.69, 9.17) is 5.11 Å². The molecule has 1 aromatic carbocycles. The van der Waals surface area contributed by atoms with E-state index < -0.39 is 18.0 Å². The predicted octanol–water partition coefficient (Wildman–Crippen LogP) is 2.33. The van der Waals surface area contributed by atoms with Gasteiger partial charge in [-0.05, 0) is 23.8 Å². The Morgan fingerprint density at radius 2 is 2.24 bits per heavy atom. The zero-order chi connectivity index (χ0) is 12.4. The number of allylic oxidation sites excluding steroid dienone is 1. The molecule has 0 aliphatic carbocycles. The van der Waals surface area contributed by atoms with Crippen molar-refractivity contribution in [3.05, 3.63) is 47.9 Å². The predicted molar refractivity (Wildman–Crippen MR) is 57.8 cm³/mol. The monoisotopic (exact) mass is 235 g/mol. The van der Waals surface area contributed by atoms with Crippen LogP contribution in [0, 0.1) is 5.82 Å². The van der Waals surface area contributed by atoms with Crippen LogP contribution < -0.4 is 0 Å². The Balaban J connectivity index is 2.38. The van der Waals surface area contributed by atoms with Crippen LogP contribution in [-0.4, -0.2) is 21.9 Å². The summed E-state index contributed by atoms with van der Waals surface area (Å²) in [6.07, 6.45) is 1.29. The van der Waals surface area contributed by atoms with E-state index in [0.717, 1.165) is 4.90 Å². The minimum Gasteiger partial charge on any atom is -0.465 e. The highest BCUT2D eigenvalue weighted by Crippen LogP contribution is 2.28. The molecule has 17 heavy (non-hydrogen) atoms. The van der Waals surface area contributed by atoms with E-state index in [0.29, 0.717) is 5.56 Å². The fraction of sp³-hybridized carbons (Fsp3) is 0.167. The number of halogens is 1. The number of nitrogens with zero attached hydrogens (tertiary/aromatic N) is 1. The molecule has 0 aromatic heterocycles. The first kappa shape index (κ1) is 11.3. The third-order valence-electron chi connectivity index (χ3n) is 2.61.